The number of fused-ring (bicyclic) bond motifs is 1. The van der Waals surface area contributed by atoms with Gasteiger partial charge in [-0.2, -0.15) is 4.98 Å². The molecule has 0 aliphatic heterocycles. The summed E-state index contributed by atoms with van der Waals surface area (Å²) in [7, 11) is 0. The number of nitrogens with zero attached hydrogens (tertiary/aromatic N) is 2. The van der Waals surface area contributed by atoms with Gasteiger partial charge in [-0.15, -0.1) is 0 Å². The molecule has 0 amide bonds. The number of carbonyl (C=O) groups is 1. The molecule has 0 aliphatic carbocycles. The summed E-state index contributed by atoms with van der Waals surface area (Å²) in [6.45, 7) is 1.73. The van der Waals surface area contributed by atoms with Crippen molar-refractivity contribution in [1.82, 2.24) is 10.1 Å². The van der Waals surface area contributed by atoms with Crippen molar-refractivity contribution in [3.63, 3.8) is 0 Å². The van der Waals surface area contributed by atoms with Gasteiger partial charge < -0.3 is 9.26 Å². The number of esters is 1. The Morgan fingerprint density at radius 1 is 0.960 bits per heavy atom. The third-order valence-electron chi connectivity index (χ3n) is 3.84. The number of benzene rings is 3. The summed E-state index contributed by atoms with van der Waals surface area (Å²) in [5.41, 5.74) is 1.30. The molecule has 0 saturated carbocycles. The fraction of sp³-hybridized carbons (Fsp3) is 0.0500. The van der Waals surface area contributed by atoms with E-state index in [4.69, 9.17) is 9.26 Å². The third-order valence-corrected chi connectivity index (χ3v) is 3.84. The van der Waals surface area contributed by atoms with Crippen LogP contribution in [0.3, 0.4) is 0 Å². The zero-order chi connectivity index (χ0) is 17.2. The number of carbonyl (C=O) groups excluding carboxylic acids is 1. The van der Waals surface area contributed by atoms with Gasteiger partial charge in [-0.1, -0.05) is 35.5 Å². The monoisotopic (exact) mass is 330 g/mol. The molecular weight excluding hydrogens is 316 g/mol. The summed E-state index contributed by atoms with van der Waals surface area (Å²) in [5, 5.41) is 5.94. The summed E-state index contributed by atoms with van der Waals surface area (Å²) >= 11 is 0. The second kappa shape index (κ2) is 6.20. The lowest BCUT2D eigenvalue weighted by Crippen LogP contribution is -2.08. The Hall–Kier alpha value is -3.47. The lowest BCUT2D eigenvalue weighted by Gasteiger charge is -2.06. The van der Waals surface area contributed by atoms with E-state index >= 15 is 0 Å². The maximum Gasteiger partial charge on any atom is 0.343 e. The van der Waals surface area contributed by atoms with Crippen molar-refractivity contribution in [2.45, 2.75) is 6.92 Å². The Labute approximate surface area is 143 Å². The highest BCUT2D eigenvalue weighted by molar-refractivity contribution is 5.96. The van der Waals surface area contributed by atoms with E-state index in [9.17, 15) is 4.79 Å². The van der Waals surface area contributed by atoms with Crippen molar-refractivity contribution in [1.29, 1.82) is 0 Å². The molecule has 0 bridgehead atoms. The Balaban J connectivity index is 1.53. The molecule has 0 atom stereocenters. The molecule has 3 aromatic carbocycles. The molecular formula is C20H14N2O3. The zero-order valence-corrected chi connectivity index (χ0v) is 13.5. The first-order valence-corrected chi connectivity index (χ1v) is 7.81. The van der Waals surface area contributed by atoms with Gasteiger partial charge in [-0.25, -0.2) is 4.79 Å². The molecule has 0 unspecified atom stereocenters. The van der Waals surface area contributed by atoms with Gasteiger partial charge in [-0.05, 0) is 47.2 Å². The van der Waals surface area contributed by atoms with Crippen LogP contribution in [0.1, 0.15) is 16.2 Å². The molecule has 0 spiro atoms. The van der Waals surface area contributed by atoms with E-state index in [2.05, 4.69) is 10.1 Å². The molecule has 4 aromatic rings. The number of hydrogen-bond acceptors (Lipinski definition) is 5. The second-order valence-electron chi connectivity index (χ2n) is 5.61. The first-order valence-electron chi connectivity index (χ1n) is 7.81. The van der Waals surface area contributed by atoms with Crippen LogP contribution in [0, 0.1) is 6.92 Å². The number of rotatable bonds is 3. The van der Waals surface area contributed by atoms with Gasteiger partial charge in [0.2, 0.25) is 11.7 Å². The van der Waals surface area contributed by atoms with Crippen LogP contribution < -0.4 is 4.74 Å². The topological polar surface area (TPSA) is 65.2 Å². The predicted octanol–water partition coefficient (Wildman–Crippen LogP) is 4.42. The third kappa shape index (κ3) is 3.12. The minimum atomic E-state index is -0.395. The van der Waals surface area contributed by atoms with Gasteiger partial charge in [-0.3, -0.25) is 0 Å². The van der Waals surface area contributed by atoms with E-state index in [1.54, 1.807) is 37.3 Å². The molecule has 0 N–H and O–H groups in total. The zero-order valence-electron chi connectivity index (χ0n) is 13.5. The van der Waals surface area contributed by atoms with Crippen molar-refractivity contribution in [2.75, 3.05) is 0 Å². The van der Waals surface area contributed by atoms with Gasteiger partial charge in [0.25, 0.3) is 0 Å². The molecule has 0 fully saturated rings. The number of ether oxygens (including phenoxy) is 1. The van der Waals surface area contributed by atoms with Crippen molar-refractivity contribution < 1.29 is 14.1 Å². The van der Waals surface area contributed by atoms with E-state index in [-0.39, 0.29) is 0 Å². The first-order chi connectivity index (χ1) is 12.2. The van der Waals surface area contributed by atoms with Gasteiger partial charge in [0.15, 0.2) is 0 Å². The molecule has 0 aliphatic rings. The molecule has 0 saturated heterocycles. The van der Waals surface area contributed by atoms with Crippen LogP contribution in [-0.4, -0.2) is 16.1 Å². The Morgan fingerprint density at radius 3 is 2.44 bits per heavy atom. The van der Waals surface area contributed by atoms with E-state index < -0.39 is 5.97 Å². The normalized spacial score (nSPS) is 10.8. The summed E-state index contributed by atoms with van der Waals surface area (Å²) in [5.74, 6) is 1.07. The molecule has 1 heterocycles. The number of hydrogen-bond donors (Lipinski definition) is 0. The molecule has 5 nitrogen and oxygen atoms in total. The minimum Gasteiger partial charge on any atom is -0.423 e. The van der Waals surface area contributed by atoms with Gasteiger partial charge >= 0.3 is 5.97 Å². The van der Waals surface area contributed by atoms with Crippen LogP contribution in [0.5, 0.6) is 5.75 Å². The van der Waals surface area contributed by atoms with E-state index in [0.717, 1.165) is 16.3 Å². The maximum absolute atomic E-state index is 12.4. The van der Waals surface area contributed by atoms with Crippen molar-refractivity contribution >= 4 is 16.7 Å². The number of aromatic nitrogens is 2. The van der Waals surface area contributed by atoms with Crippen LogP contribution in [0.15, 0.2) is 71.3 Å². The van der Waals surface area contributed by atoms with E-state index in [1.165, 1.54) is 0 Å². The SMILES string of the molecule is Cc1nc(-c2ccc(OC(=O)c3ccc4ccccc4c3)cc2)no1. The fourth-order valence-electron chi connectivity index (χ4n) is 2.57. The molecule has 5 heteroatoms. The fourth-order valence-corrected chi connectivity index (χ4v) is 2.57. The highest BCUT2D eigenvalue weighted by atomic mass is 16.5. The Bertz CT molecular complexity index is 1050. The summed E-state index contributed by atoms with van der Waals surface area (Å²) in [6, 6.07) is 20.4. The Morgan fingerprint density at radius 2 is 1.72 bits per heavy atom. The maximum atomic E-state index is 12.4. The average Bonchev–Trinajstić information content (AvgIpc) is 3.08. The molecule has 0 radical (unpaired) electrons. The predicted molar refractivity (Wildman–Crippen MR) is 93.4 cm³/mol. The van der Waals surface area contributed by atoms with Crippen molar-refractivity contribution in [2.24, 2.45) is 0 Å². The van der Waals surface area contributed by atoms with E-state index in [1.807, 2.05) is 36.4 Å². The summed E-state index contributed by atoms with van der Waals surface area (Å²) < 4.78 is 10.4. The molecule has 25 heavy (non-hydrogen) atoms. The lowest BCUT2D eigenvalue weighted by atomic mass is 10.1. The van der Waals surface area contributed by atoms with E-state index in [0.29, 0.717) is 23.0 Å². The van der Waals surface area contributed by atoms with Gasteiger partial charge in [0, 0.05) is 12.5 Å². The van der Waals surface area contributed by atoms with Crippen LogP contribution in [0.2, 0.25) is 0 Å². The Kier molecular flexibility index (Phi) is 3.74. The molecule has 1 aromatic heterocycles. The largest absolute Gasteiger partial charge is 0.423 e. The standard InChI is InChI=1S/C20H14N2O3/c1-13-21-19(22-25-13)15-8-10-18(11-9-15)24-20(23)17-7-6-14-4-2-3-5-16(14)12-17/h2-12H,1H3. The highest BCUT2D eigenvalue weighted by Gasteiger charge is 2.10. The second-order valence-corrected chi connectivity index (χ2v) is 5.61. The average molecular weight is 330 g/mol. The molecule has 4 rings (SSSR count). The quantitative estimate of drug-likeness (QED) is 0.411. The van der Waals surface area contributed by atoms with Crippen LogP contribution in [0.25, 0.3) is 22.2 Å². The molecule has 122 valence electrons. The highest BCUT2D eigenvalue weighted by Crippen LogP contribution is 2.21. The van der Waals surface area contributed by atoms with Crippen LogP contribution in [0.4, 0.5) is 0 Å². The lowest BCUT2D eigenvalue weighted by molar-refractivity contribution is 0.0735. The van der Waals surface area contributed by atoms with Gasteiger partial charge in [0.1, 0.15) is 5.75 Å². The van der Waals surface area contributed by atoms with Crippen molar-refractivity contribution in [3.05, 3.63) is 78.2 Å². The first kappa shape index (κ1) is 15.1. The number of aryl methyl sites for hydroxylation is 1. The van der Waals surface area contributed by atoms with Crippen molar-refractivity contribution in [3.8, 4) is 17.1 Å². The van der Waals surface area contributed by atoms with Crippen LogP contribution in [-0.2, 0) is 0 Å². The minimum absolute atomic E-state index is 0.395. The summed E-state index contributed by atoms with van der Waals surface area (Å²) in [4.78, 5) is 16.5. The summed E-state index contributed by atoms with van der Waals surface area (Å²) in [6.07, 6.45) is 0. The van der Waals surface area contributed by atoms with Crippen LogP contribution >= 0.6 is 0 Å². The van der Waals surface area contributed by atoms with Gasteiger partial charge in [0.05, 0.1) is 5.56 Å². The smallest absolute Gasteiger partial charge is 0.343 e.